The van der Waals surface area contributed by atoms with Crippen molar-refractivity contribution in [3.05, 3.63) is 35.4 Å². The molecule has 16 heteroatoms. The first kappa shape index (κ1) is 28.4. The number of methoxy groups -OCH3 is 2. The summed E-state index contributed by atoms with van der Waals surface area (Å²) in [4.78, 5) is 16.5. The number of nitrogens with one attached hydrogen (secondary N) is 1. The third kappa shape index (κ3) is 6.60. The highest BCUT2D eigenvalue weighted by atomic mass is 35.5. The summed E-state index contributed by atoms with van der Waals surface area (Å²) in [5.41, 5.74) is 0.188. The van der Waals surface area contributed by atoms with Crippen molar-refractivity contribution >= 4 is 27.6 Å². The Labute approximate surface area is 219 Å². The fourth-order valence-corrected chi connectivity index (χ4v) is 4.45. The van der Waals surface area contributed by atoms with Crippen molar-refractivity contribution in [3.8, 4) is 17.4 Å². The van der Waals surface area contributed by atoms with Gasteiger partial charge >= 0.3 is 0 Å². The fraction of sp³-hybridized carbons (Fsp3) is 0.524. The molecule has 0 aliphatic rings. The van der Waals surface area contributed by atoms with Crippen LogP contribution >= 0.6 is 11.6 Å². The van der Waals surface area contributed by atoms with Crippen molar-refractivity contribution in [1.82, 2.24) is 34.7 Å². The maximum Gasteiger partial charge on any atom is 0.245 e. The van der Waals surface area contributed by atoms with Crippen LogP contribution in [0, 0.1) is 0 Å². The van der Waals surface area contributed by atoms with Gasteiger partial charge in [0.05, 0.1) is 25.3 Å². The lowest BCUT2D eigenvalue weighted by Crippen LogP contribution is -2.35. The lowest BCUT2D eigenvalue weighted by Gasteiger charge is -2.25. The van der Waals surface area contributed by atoms with Gasteiger partial charge < -0.3 is 18.9 Å². The minimum Gasteiger partial charge on any atom is -0.479 e. The Morgan fingerprint density at radius 2 is 1.65 bits per heavy atom. The van der Waals surface area contributed by atoms with Crippen molar-refractivity contribution in [1.29, 1.82) is 0 Å². The van der Waals surface area contributed by atoms with Gasteiger partial charge in [0.15, 0.2) is 17.3 Å². The van der Waals surface area contributed by atoms with Gasteiger partial charge in [-0.3, -0.25) is 9.29 Å². The van der Waals surface area contributed by atoms with Crippen LogP contribution in [-0.2, 0) is 26.1 Å². The average molecular weight is 557 g/mol. The predicted molar refractivity (Wildman–Crippen MR) is 133 cm³/mol. The van der Waals surface area contributed by atoms with Crippen molar-refractivity contribution < 1.29 is 27.4 Å². The van der Waals surface area contributed by atoms with Crippen molar-refractivity contribution in [2.45, 2.75) is 51.8 Å². The molecule has 0 fully saturated rings. The van der Waals surface area contributed by atoms with E-state index in [4.69, 9.17) is 30.5 Å². The second kappa shape index (κ2) is 12.4. The first-order chi connectivity index (χ1) is 17.6. The van der Waals surface area contributed by atoms with Crippen molar-refractivity contribution in [2.75, 3.05) is 25.5 Å². The third-order valence-corrected chi connectivity index (χ3v) is 6.88. The van der Waals surface area contributed by atoms with E-state index >= 15 is 0 Å². The predicted octanol–water partition coefficient (Wildman–Crippen LogP) is 2.35. The van der Waals surface area contributed by atoms with E-state index in [9.17, 15) is 8.42 Å². The Morgan fingerprint density at radius 3 is 2.19 bits per heavy atom. The van der Waals surface area contributed by atoms with Gasteiger partial charge in [-0.25, -0.2) is 18.4 Å². The zero-order chi connectivity index (χ0) is 27.2. The third-order valence-electron chi connectivity index (χ3n) is 4.99. The molecule has 3 heterocycles. The second-order valence-corrected chi connectivity index (χ2v) is 10.3. The van der Waals surface area contributed by atoms with E-state index in [-0.39, 0.29) is 47.8 Å². The molecule has 1 N–H and O–H groups in total. The number of halogens is 1. The highest BCUT2D eigenvalue weighted by Gasteiger charge is 2.36. The first-order valence-corrected chi connectivity index (χ1v) is 13.1. The maximum absolute atomic E-state index is 13.6. The standard InChI is InChI=1S/C21H29ClN8O6S/c1-7-35-10-15-27-28-21(30(15)16-19(33-5)25-11-26-20(16)34-6)29-37(31,32)13(4)17(36-12(2)3)18-23-8-14(22)9-24-18/h8-9,11-13,17H,7,10H2,1-6H3,(H,28,29)/t13-,17+/m0/s1. The topological polar surface area (TPSA) is 165 Å². The van der Waals surface area contributed by atoms with Gasteiger partial charge in [0.2, 0.25) is 27.7 Å². The molecular weight excluding hydrogens is 528 g/mol. The summed E-state index contributed by atoms with van der Waals surface area (Å²) >= 11 is 5.91. The molecule has 0 radical (unpaired) electrons. The number of hydrogen-bond donors (Lipinski definition) is 1. The van der Waals surface area contributed by atoms with E-state index < -0.39 is 21.4 Å². The molecule has 14 nitrogen and oxygen atoms in total. The molecule has 0 amide bonds. The maximum atomic E-state index is 13.6. The molecule has 0 saturated heterocycles. The molecule has 37 heavy (non-hydrogen) atoms. The second-order valence-electron chi connectivity index (χ2n) is 7.87. The molecule has 0 saturated carbocycles. The number of nitrogens with zero attached hydrogens (tertiary/aromatic N) is 7. The number of aromatic nitrogens is 7. The number of hydrogen-bond acceptors (Lipinski definition) is 12. The Balaban J connectivity index is 2.07. The Bertz CT molecular complexity index is 1270. The SMILES string of the molecule is CCOCc1nnc(NS(=O)(=O)[C@@H](C)[C@@H](OC(C)C)c2ncc(Cl)cn2)n1-c1c(OC)ncnc1OC. The minimum absolute atomic E-state index is 0.0136. The summed E-state index contributed by atoms with van der Waals surface area (Å²) in [5.74, 6) is 0.471. The van der Waals surface area contributed by atoms with Gasteiger partial charge in [-0.2, -0.15) is 9.97 Å². The minimum atomic E-state index is -4.17. The molecule has 0 bridgehead atoms. The van der Waals surface area contributed by atoms with Crippen LogP contribution in [-0.4, -0.2) is 75.3 Å². The normalized spacial score (nSPS) is 13.4. The van der Waals surface area contributed by atoms with E-state index in [1.165, 1.54) is 44.4 Å². The van der Waals surface area contributed by atoms with Crippen molar-refractivity contribution in [3.63, 3.8) is 0 Å². The molecule has 0 aromatic carbocycles. The summed E-state index contributed by atoms with van der Waals surface area (Å²) in [6.45, 7) is 7.24. The molecule has 3 aromatic rings. The van der Waals surface area contributed by atoms with Crippen LogP contribution in [0.4, 0.5) is 5.95 Å². The smallest absolute Gasteiger partial charge is 0.245 e. The molecule has 3 aromatic heterocycles. The number of sulfonamides is 1. The summed E-state index contributed by atoms with van der Waals surface area (Å²) < 4.78 is 53.2. The molecule has 0 unspecified atom stereocenters. The van der Waals surface area contributed by atoms with Crippen LogP contribution in [0.25, 0.3) is 5.69 Å². The number of rotatable bonds is 13. The molecule has 202 valence electrons. The van der Waals surface area contributed by atoms with Crippen LogP contribution in [0.15, 0.2) is 18.7 Å². The van der Waals surface area contributed by atoms with E-state index in [1.54, 1.807) is 13.8 Å². The summed E-state index contributed by atoms with van der Waals surface area (Å²) in [6, 6.07) is 0. The number of ether oxygens (including phenoxy) is 4. The largest absolute Gasteiger partial charge is 0.479 e. The van der Waals surface area contributed by atoms with Gasteiger partial charge in [0, 0.05) is 19.0 Å². The Morgan fingerprint density at radius 1 is 1.03 bits per heavy atom. The summed E-state index contributed by atoms with van der Waals surface area (Å²) in [6.07, 6.45) is 2.66. The van der Waals surface area contributed by atoms with E-state index in [0.717, 1.165) is 0 Å². The van der Waals surface area contributed by atoms with Gasteiger partial charge in [0.25, 0.3) is 0 Å². The average Bonchev–Trinajstić information content (AvgIpc) is 3.26. The van der Waals surface area contributed by atoms with Gasteiger partial charge in [-0.1, -0.05) is 11.6 Å². The van der Waals surface area contributed by atoms with E-state index in [0.29, 0.717) is 11.6 Å². The summed E-state index contributed by atoms with van der Waals surface area (Å²) in [5, 5.41) is 7.31. The van der Waals surface area contributed by atoms with E-state index in [1.807, 2.05) is 6.92 Å². The molecular formula is C21H29ClN8O6S. The molecule has 3 rings (SSSR count). The van der Waals surface area contributed by atoms with Gasteiger partial charge in [-0.15, -0.1) is 10.2 Å². The Hall–Kier alpha value is -3.14. The van der Waals surface area contributed by atoms with Crippen LogP contribution in [0.2, 0.25) is 5.02 Å². The highest BCUT2D eigenvalue weighted by Crippen LogP contribution is 2.33. The van der Waals surface area contributed by atoms with E-state index in [2.05, 4.69) is 34.9 Å². The van der Waals surface area contributed by atoms with Crippen LogP contribution < -0.4 is 14.2 Å². The molecule has 0 aliphatic heterocycles. The molecule has 0 spiro atoms. The van der Waals surface area contributed by atoms with Crippen LogP contribution in [0.3, 0.4) is 0 Å². The van der Waals surface area contributed by atoms with Crippen LogP contribution in [0.1, 0.15) is 45.4 Å². The zero-order valence-electron chi connectivity index (χ0n) is 21.2. The molecule has 0 aliphatic carbocycles. The fourth-order valence-electron chi connectivity index (χ4n) is 3.27. The quantitative estimate of drug-likeness (QED) is 0.327. The number of anilines is 1. The Kier molecular flexibility index (Phi) is 9.53. The van der Waals surface area contributed by atoms with Crippen molar-refractivity contribution in [2.24, 2.45) is 0 Å². The summed E-state index contributed by atoms with van der Waals surface area (Å²) in [7, 11) is -1.35. The lowest BCUT2D eigenvalue weighted by molar-refractivity contribution is 0.00154. The zero-order valence-corrected chi connectivity index (χ0v) is 22.8. The highest BCUT2D eigenvalue weighted by molar-refractivity contribution is 7.93. The lowest BCUT2D eigenvalue weighted by atomic mass is 10.2. The monoisotopic (exact) mass is 556 g/mol. The van der Waals surface area contributed by atoms with Gasteiger partial charge in [0.1, 0.15) is 24.3 Å². The first-order valence-electron chi connectivity index (χ1n) is 11.2. The van der Waals surface area contributed by atoms with Gasteiger partial charge in [-0.05, 0) is 27.7 Å². The van der Waals surface area contributed by atoms with Crippen LogP contribution in [0.5, 0.6) is 11.8 Å². The molecule has 2 atom stereocenters.